The Morgan fingerprint density at radius 1 is 1.50 bits per heavy atom. The van der Waals surface area contributed by atoms with Gasteiger partial charge in [0.2, 0.25) is 0 Å². The smallest absolute Gasteiger partial charge is 0.321 e. The van der Waals surface area contributed by atoms with E-state index in [0.29, 0.717) is 0 Å². The van der Waals surface area contributed by atoms with Crippen LogP contribution in [-0.4, -0.2) is 35.7 Å². The number of likely N-dealkylation sites (N-methyl/N-ethyl adjacent to an activating group) is 1. The van der Waals surface area contributed by atoms with E-state index >= 15 is 0 Å². The van der Waals surface area contributed by atoms with Crippen molar-refractivity contribution in [2.75, 3.05) is 19.0 Å². The molecule has 2 amide bonds. The minimum atomic E-state index is -0.195. The van der Waals surface area contributed by atoms with Crippen molar-refractivity contribution in [2.45, 2.75) is 33.2 Å². The number of hydrogen-bond acceptors (Lipinski definition) is 2. The summed E-state index contributed by atoms with van der Waals surface area (Å²) in [6, 6.07) is 5.59. The van der Waals surface area contributed by atoms with E-state index in [4.69, 9.17) is 5.11 Å². The number of aliphatic hydroxyl groups is 1. The van der Waals surface area contributed by atoms with Crippen molar-refractivity contribution in [3.8, 4) is 0 Å². The number of amides is 2. The molecule has 0 saturated heterocycles. The number of benzene rings is 1. The van der Waals surface area contributed by atoms with Crippen LogP contribution in [0.15, 0.2) is 18.2 Å². The van der Waals surface area contributed by atoms with Crippen LogP contribution in [0.5, 0.6) is 0 Å². The summed E-state index contributed by atoms with van der Waals surface area (Å²) in [5.74, 6) is 0. The highest BCUT2D eigenvalue weighted by Crippen LogP contribution is 2.21. The summed E-state index contributed by atoms with van der Waals surface area (Å²) in [5.41, 5.74) is 3.04. The average Bonchev–Trinajstić information content (AvgIpc) is 2.38. The summed E-state index contributed by atoms with van der Waals surface area (Å²) in [7, 11) is 1.68. The van der Waals surface area contributed by atoms with Crippen LogP contribution in [0.3, 0.4) is 0 Å². The summed E-state index contributed by atoms with van der Waals surface area (Å²) in [6.45, 7) is 5.80. The number of aryl methyl sites for hydroxylation is 2. The van der Waals surface area contributed by atoms with Gasteiger partial charge in [-0.1, -0.05) is 25.1 Å². The lowest BCUT2D eigenvalue weighted by Gasteiger charge is -2.24. The predicted octanol–water partition coefficient (Wildman–Crippen LogP) is 2.40. The van der Waals surface area contributed by atoms with Crippen LogP contribution < -0.4 is 5.32 Å². The molecule has 1 atom stereocenters. The molecular weight excluding hydrogens is 228 g/mol. The van der Waals surface area contributed by atoms with Crippen LogP contribution in [0.4, 0.5) is 10.5 Å². The van der Waals surface area contributed by atoms with Gasteiger partial charge in [0.05, 0.1) is 12.6 Å². The van der Waals surface area contributed by atoms with Crippen molar-refractivity contribution in [1.82, 2.24) is 4.90 Å². The van der Waals surface area contributed by atoms with Crippen molar-refractivity contribution in [1.29, 1.82) is 0 Å². The second-order valence-corrected chi connectivity index (χ2v) is 4.54. The Morgan fingerprint density at radius 3 is 2.72 bits per heavy atom. The largest absolute Gasteiger partial charge is 0.394 e. The molecule has 1 aromatic carbocycles. The Kier molecular flexibility index (Phi) is 5.16. The molecule has 1 unspecified atom stereocenters. The Labute approximate surface area is 109 Å². The van der Waals surface area contributed by atoms with Gasteiger partial charge >= 0.3 is 6.03 Å². The molecule has 0 spiro atoms. The minimum absolute atomic E-state index is 0.0433. The zero-order valence-electron chi connectivity index (χ0n) is 11.5. The maximum Gasteiger partial charge on any atom is 0.321 e. The zero-order valence-corrected chi connectivity index (χ0v) is 11.5. The van der Waals surface area contributed by atoms with Crippen LogP contribution in [-0.2, 0) is 6.42 Å². The highest BCUT2D eigenvalue weighted by Gasteiger charge is 2.16. The van der Waals surface area contributed by atoms with E-state index in [9.17, 15) is 4.79 Å². The van der Waals surface area contributed by atoms with E-state index in [0.717, 1.165) is 23.2 Å². The van der Waals surface area contributed by atoms with Crippen LogP contribution in [0.25, 0.3) is 0 Å². The van der Waals surface area contributed by atoms with Gasteiger partial charge in [-0.15, -0.1) is 0 Å². The first-order valence-electron chi connectivity index (χ1n) is 6.24. The second kappa shape index (κ2) is 6.40. The number of nitrogens with zero attached hydrogens (tertiary/aromatic N) is 1. The maximum absolute atomic E-state index is 12.0. The van der Waals surface area contributed by atoms with Gasteiger partial charge in [0.15, 0.2) is 0 Å². The molecule has 18 heavy (non-hydrogen) atoms. The van der Waals surface area contributed by atoms with Crippen LogP contribution in [0.2, 0.25) is 0 Å². The zero-order chi connectivity index (χ0) is 13.7. The van der Waals surface area contributed by atoms with Gasteiger partial charge in [-0.05, 0) is 31.4 Å². The summed E-state index contributed by atoms with van der Waals surface area (Å²) in [5, 5.41) is 12.0. The van der Waals surface area contributed by atoms with Crippen molar-refractivity contribution in [2.24, 2.45) is 0 Å². The Balaban J connectivity index is 2.88. The first-order valence-corrected chi connectivity index (χ1v) is 6.24. The maximum atomic E-state index is 12.0. The van der Waals surface area contributed by atoms with E-state index in [2.05, 4.69) is 12.2 Å². The van der Waals surface area contributed by atoms with Crippen LogP contribution in [0, 0.1) is 6.92 Å². The lowest BCUT2D eigenvalue weighted by atomic mass is 10.1. The lowest BCUT2D eigenvalue weighted by Crippen LogP contribution is -2.40. The standard InChI is InChI=1S/C14H22N2O2/c1-5-12-8-6-7-10(2)13(12)15-14(18)16(4)11(3)9-17/h6-8,11,17H,5,9H2,1-4H3,(H,15,18). The molecule has 0 heterocycles. The monoisotopic (exact) mass is 250 g/mol. The third-order valence-corrected chi connectivity index (χ3v) is 3.22. The third kappa shape index (κ3) is 3.23. The summed E-state index contributed by atoms with van der Waals surface area (Å²) in [4.78, 5) is 13.5. The molecule has 1 aromatic rings. The van der Waals surface area contributed by atoms with Gasteiger partial charge in [-0.3, -0.25) is 0 Å². The van der Waals surface area contributed by atoms with Gasteiger partial charge in [-0.25, -0.2) is 4.79 Å². The predicted molar refractivity (Wildman–Crippen MR) is 73.9 cm³/mol. The molecule has 0 aliphatic heterocycles. The number of aliphatic hydroxyl groups excluding tert-OH is 1. The van der Waals surface area contributed by atoms with Crippen molar-refractivity contribution < 1.29 is 9.90 Å². The summed E-state index contributed by atoms with van der Waals surface area (Å²) >= 11 is 0. The molecule has 1 rings (SSSR count). The number of rotatable bonds is 4. The van der Waals surface area contributed by atoms with Crippen molar-refractivity contribution >= 4 is 11.7 Å². The molecule has 0 saturated carbocycles. The van der Waals surface area contributed by atoms with Gasteiger partial charge in [0.1, 0.15) is 0 Å². The van der Waals surface area contributed by atoms with Gasteiger partial charge in [0.25, 0.3) is 0 Å². The first kappa shape index (κ1) is 14.5. The van der Waals surface area contributed by atoms with E-state index in [1.165, 1.54) is 4.90 Å². The fourth-order valence-corrected chi connectivity index (χ4v) is 1.72. The fraction of sp³-hybridized carbons (Fsp3) is 0.500. The van der Waals surface area contributed by atoms with Gasteiger partial charge < -0.3 is 15.3 Å². The van der Waals surface area contributed by atoms with E-state index < -0.39 is 0 Å². The molecule has 0 aliphatic rings. The minimum Gasteiger partial charge on any atom is -0.394 e. The number of anilines is 1. The number of carbonyl (C=O) groups is 1. The Morgan fingerprint density at radius 2 is 2.17 bits per heavy atom. The average molecular weight is 250 g/mol. The van der Waals surface area contributed by atoms with E-state index in [1.54, 1.807) is 14.0 Å². The molecule has 100 valence electrons. The van der Waals surface area contributed by atoms with Gasteiger partial charge in [-0.2, -0.15) is 0 Å². The van der Waals surface area contributed by atoms with E-state index in [1.807, 2.05) is 25.1 Å². The van der Waals surface area contributed by atoms with Crippen LogP contribution >= 0.6 is 0 Å². The number of urea groups is 1. The lowest BCUT2D eigenvalue weighted by molar-refractivity contribution is 0.166. The summed E-state index contributed by atoms with van der Waals surface area (Å²) < 4.78 is 0. The summed E-state index contributed by atoms with van der Waals surface area (Å²) in [6.07, 6.45) is 0.872. The molecule has 0 aromatic heterocycles. The second-order valence-electron chi connectivity index (χ2n) is 4.54. The number of hydrogen-bond donors (Lipinski definition) is 2. The van der Waals surface area contributed by atoms with E-state index in [-0.39, 0.29) is 18.7 Å². The Hall–Kier alpha value is -1.55. The van der Waals surface area contributed by atoms with Crippen molar-refractivity contribution in [3.63, 3.8) is 0 Å². The fourth-order valence-electron chi connectivity index (χ4n) is 1.72. The van der Waals surface area contributed by atoms with Crippen LogP contribution in [0.1, 0.15) is 25.0 Å². The quantitative estimate of drug-likeness (QED) is 0.862. The number of carbonyl (C=O) groups excluding carboxylic acids is 1. The normalized spacial score (nSPS) is 12.1. The van der Waals surface area contributed by atoms with Crippen molar-refractivity contribution in [3.05, 3.63) is 29.3 Å². The number of para-hydroxylation sites is 1. The topological polar surface area (TPSA) is 52.6 Å². The van der Waals surface area contributed by atoms with Gasteiger partial charge in [0, 0.05) is 12.7 Å². The first-order chi connectivity index (χ1) is 8.51. The highest BCUT2D eigenvalue weighted by atomic mass is 16.3. The molecule has 0 bridgehead atoms. The number of nitrogens with one attached hydrogen (secondary N) is 1. The molecule has 0 fully saturated rings. The molecule has 2 N–H and O–H groups in total. The molecule has 0 radical (unpaired) electrons. The molecular formula is C14H22N2O2. The Bertz CT molecular complexity index is 418. The molecule has 4 heteroatoms. The third-order valence-electron chi connectivity index (χ3n) is 3.22. The highest BCUT2D eigenvalue weighted by molar-refractivity contribution is 5.91. The molecule has 0 aliphatic carbocycles. The molecule has 4 nitrogen and oxygen atoms in total. The SMILES string of the molecule is CCc1cccc(C)c1NC(=O)N(C)C(C)CO.